The number of fused-ring (bicyclic) bond motifs is 1. The molecule has 164 valence electrons. The lowest BCUT2D eigenvalue weighted by Gasteiger charge is -2.18. The van der Waals surface area contributed by atoms with E-state index in [2.05, 4.69) is 53.1 Å². The topological polar surface area (TPSA) is 65.9 Å². The monoisotopic (exact) mass is 440 g/mol. The molecule has 7 heteroatoms. The van der Waals surface area contributed by atoms with Gasteiger partial charge in [0, 0.05) is 46.9 Å². The van der Waals surface area contributed by atoms with Crippen LogP contribution in [0.5, 0.6) is 0 Å². The van der Waals surface area contributed by atoms with Crippen LogP contribution in [-0.2, 0) is 17.7 Å². The minimum atomic E-state index is -0.191. The molecule has 1 aliphatic carbocycles. The first-order valence-corrected chi connectivity index (χ1v) is 11.9. The van der Waals surface area contributed by atoms with Crippen LogP contribution in [0.15, 0.2) is 34.7 Å². The van der Waals surface area contributed by atoms with Gasteiger partial charge in [0.1, 0.15) is 11.5 Å². The molecule has 2 aromatic heterocycles. The van der Waals surface area contributed by atoms with E-state index in [1.807, 2.05) is 18.2 Å². The molecule has 0 radical (unpaired) electrons. The largest absolute Gasteiger partial charge is 0.465 e. The number of rotatable bonds is 4. The van der Waals surface area contributed by atoms with E-state index in [0.29, 0.717) is 29.9 Å². The normalized spacial score (nSPS) is 21.3. The second kappa shape index (κ2) is 8.02. The number of H-pyrrole nitrogens is 1. The van der Waals surface area contributed by atoms with Gasteiger partial charge < -0.3 is 9.73 Å². The van der Waals surface area contributed by atoms with Crippen LogP contribution in [0, 0.1) is 5.82 Å². The molecule has 1 aromatic carbocycles. The average molecular weight is 441 g/mol. The van der Waals surface area contributed by atoms with Gasteiger partial charge in [-0.05, 0) is 43.0 Å². The lowest BCUT2D eigenvalue weighted by Crippen LogP contribution is -2.15. The van der Waals surface area contributed by atoms with Crippen LogP contribution in [0.25, 0.3) is 0 Å². The number of aromatic amines is 1. The summed E-state index contributed by atoms with van der Waals surface area (Å²) in [5, 5.41) is 10.7. The number of aromatic nitrogens is 2. The van der Waals surface area contributed by atoms with Crippen molar-refractivity contribution >= 4 is 23.5 Å². The molecular weight excluding hydrogens is 411 g/mol. The number of halogens is 1. The molecule has 0 amide bonds. The number of nitrogens with one attached hydrogen (secondary N) is 3. The molecule has 31 heavy (non-hydrogen) atoms. The molecule has 1 fully saturated rings. The Bertz CT molecular complexity index is 1080. The van der Waals surface area contributed by atoms with Crippen molar-refractivity contribution in [2.24, 2.45) is 0 Å². The SMILES string of the molecule is CC(C)(C)c1ccc(C2CCC(c3cc(Nc4ccc5c(c4F)CNSC5)n[nH]3)C2)o1. The Morgan fingerprint density at radius 2 is 2.00 bits per heavy atom. The molecular formula is C24H29FN4OS. The van der Waals surface area contributed by atoms with E-state index in [1.54, 1.807) is 11.9 Å². The molecule has 2 atom stereocenters. The Morgan fingerprint density at radius 1 is 1.16 bits per heavy atom. The van der Waals surface area contributed by atoms with Crippen LogP contribution in [0.3, 0.4) is 0 Å². The fourth-order valence-electron chi connectivity index (χ4n) is 4.58. The molecule has 1 aliphatic heterocycles. The summed E-state index contributed by atoms with van der Waals surface area (Å²) in [6.45, 7) is 7.06. The van der Waals surface area contributed by atoms with E-state index in [9.17, 15) is 4.39 Å². The Kier molecular flexibility index (Phi) is 5.34. The Balaban J connectivity index is 1.27. The van der Waals surface area contributed by atoms with Gasteiger partial charge in [0.2, 0.25) is 0 Å². The van der Waals surface area contributed by atoms with Gasteiger partial charge in [0.05, 0.1) is 5.69 Å². The summed E-state index contributed by atoms with van der Waals surface area (Å²) in [4.78, 5) is 0. The highest BCUT2D eigenvalue weighted by Crippen LogP contribution is 2.44. The van der Waals surface area contributed by atoms with Crippen molar-refractivity contribution < 1.29 is 8.81 Å². The Morgan fingerprint density at radius 3 is 2.81 bits per heavy atom. The average Bonchev–Trinajstić information content (AvgIpc) is 3.49. The Hall–Kier alpha value is -2.25. The number of anilines is 2. The van der Waals surface area contributed by atoms with Gasteiger partial charge in [0.25, 0.3) is 0 Å². The number of hydrogen-bond donors (Lipinski definition) is 3. The lowest BCUT2D eigenvalue weighted by atomic mass is 9.94. The smallest absolute Gasteiger partial charge is 0.152 e. The zero-order valence-electron chi connectivity index (χ0n) is 18.2. The maximum Gasteiger partial charge on any atom is 0.152 e. The van der Waals surface area contributed by atoms with E-state index in [0.717, 1.165) is 53.4 Å². The predicted molar refractivity (Wildman–Crippen MR) is 123 cm³/mol. The summed E-state index contributed by atoms with van der Waals surface area (Å²) in [6, 6.07) is 10.1. The molecule has 5 rings (SSSR count). The molecule has 3 heterocycles. The predicted octanol–water partition coefficient (Wildman–Crippen LogP) is 6.49. The van der Waals surface area contributed by atoms with Gasteiger partial charge >= 0.3 is 0 Å². The van der Waals surface area contributed by atoms with Gasteiger partial charge in [-0.3, -0.25) is 9.82 Å². The second-order valence-corrected chi connectivity index (χ2v) is 10.5. The van der Waals surface area contributed by atoms with Gasteiger partial charge in [-0.2, -0.15) is 5.10 Å². The van der Waals surface area contributed by atoms with Gasteiger partial charge in [-0.15, -0.1) is 0 Å². The minimum absolute atomic E-state index is 0.0288. The Labute approximate surface area is 186 Å². The maximum atomic E-state index is 14.9. The van der Waals surface area contributed by atoms with Crippen LogP contribution in [0.4, 0.5) is 15.9 Å². The van der Waals surface area contributed by atoms with Crippen LogP contribution in [-0.4, -0.2) is 10.2 Å². The van der Waals surface area contributed by atoms with Crippen molar-refractivity contribution in [1.29, 1.82) is 0 Å². The van der Waals surface area contributed by atoms with Crippen molar-refractivity contribution in [3.05, 3.63) is 64.5 Å². The fourth-order valence-corrected chi connectivity index (χ4v) is 5.36. The molecule has 2 unspecified atom stereocenters. The van der Waals surface area contributed by atoms with Crippen LogP contribution in [0.1, 0.15) is 80.2 Å². The zero-order valence-corrected chi connectivity index (χ0v) is 19.0. The molecule has 2 aliphatic rings. The minimum Gasteiger partial charge on any atom is -0.465 e. The van der Waals surface area contributed by atoms with Crippen molar-refractivity contribution in [2.75, 3.05) is 5.32 Å². The highest BCUT2D eigenvalue weighted by atomic mass is 32.2. The first kappa shape index (κ1) is 20.6. The third-order valence-corrected chi connectivity index (χ3v) is 7.22. The van der Waals surface area contributed by atoms with Gasteiger partial charge in [-0.25, -0.2) is 4.39 Å². The standard InChI is InChI=1S/C24H29FN4OS/c1-24(2,3)21-9-8-20(30-21)15-5-4-14(10-15)19-11-22(29-28-19)27-18-7-6-16-13-31-26-12-17(16)23(18)25/h6-9,11,14-15,26H,4-5,10,12-13H2,1-3H3,(H2,27,28,29). The van der Waals surface area contributed by atoms with Crippen molar-refractivity contribution in [3.63, 3.8) is 0 Å². The maximum absolute atomic E-state index is 14.9. The summed E-state index contributed by atoms with van der Waals surface area (Å²) in [7, 11) is 0. The summed E-state index contributed by atoms with van der Waals surface area (Å²) in [5.74, 6) is 4.23. The third kappa shape index (κ3) is 4.13. The van der Waals surface area contributed by atoms with E-state index in [1.165, 1.54) is 0 Å². The fraction of sp³-hybridized carbons (Fsp3) is 0.458. The summed E-state index contributed by atoms with van der Waals surface area (Å²) in [6.07, 6.45) is 3.23. The highest BCUT2D eigenvalue weighted by Gasteiger charge is 2.31. The van der Waals surface area contributed by atoms with Crippen LogP contribution in [0.2, 0.25) is 0 Å². The number of benzene rings is 1. The summed E-state index contributed by atoms with van der Waals surface area (Å²) in [5.41, 5.74) is 3.40. The van der Waals surface area contributed by atoms with E-state index in [-0.39, 0.29) is 11.2 Å². The summed E-state index contributed by atoms with van der Waals surface area (Å²) < 4.78 is 24.2. The van der Waals surface area contributed by atoms with Crippen molar-refractivity contribution in [3.8, 4) is 0 Å². The van der Waals surface area contributed by atoms with Gasteiger partial charge in [0.15, 0.2) is 11.6 Å². The van der Waals surface area contributed by atoms with Crippen LogP contribution >= 0.6 is 11.9 Å². The van der Waals surface area contributed by atoms with E-state index in [4.69, 9.17) is 4.42 Å². The summed E-state index contributed by atoms with van der Waals surface area (Å²) >= 11 is 1.61. The van der Waals surface area contributed by atoms with Crippen molar-refractivity contribution in [1.82, 2.24) is 14.9 Å². The number of furan rings is 1. The lowest BCUT2D eigenvalue weighted by molar-refractivity contribution is 0.369. The molecule has 0 bridgehead atoms. The van der Waals surface area contributed by atoms with Crippen molar-refractivity contribution in [2.45, 2.75) is 69.6 Å². The molecule has 0 spiro atoms. The van der Waals surface area contributed by atoms with Crippen LogP contribution < -0.4 is 10.0 Å². The number of nitrogens with zero attached hydrogens (tertiary/aromatic N) is 1. The van der Waals surface area contributed by atoms with E-state index >= 15 is 0 Å². The molecule has 1 saturated carbocycles. The molecule has 5 nitrogen and oxygen atoms in total. The third-order valence-electron chi connectivity index (χ3n) is 6.42. The number of hydrogen-bond acceptors (Lipinski definition) is 5. The highest BCUT2D eigenvalue weighted by molar-refractivity contribution is 7.96. The molecule has 0 saturated heterocycles. The quantitative estimate of drug-likeness (QED) is 0.405. The molecule has 3 aromatic rings. The molecule has 3 N–H and O–H groups in total. The zero-order chi connectivity index (χ0) is 21.6. The van der Waals surface area contributed by atoms with E-state index < -0.39 is 0 Å². The van der Waals surface area contributed by atoms with Gasteiger partial charge in [-0.1, -0.05) is 38.8 Å². The first-order valence-electron chi connectivity index (χ1n) is 11.0. The first-order chi connectivity index (χ1) is 14.9. The second-order valence-electron chi connectivity index (χ2n) is 9.67.